The Morgan fingerprint density at radius 3 is 2.50 bits per heavy atom. The summed E-state index contributed by atoms with van der Waals surface area (Å²) >= 11 is 1.35. The average molecular weight is 464 g/mol. The zero-order chi connectivity index (χ0) is 23.3. The van der Waals surface area contributed by atoms with Crippen LogP contribution in [0.1, 0.15) is 29.2 Å². The number of nitrogens with zero attached hydrogens (tertiary/aromatic N) is 3. The molecule has 166 valence electrons. The van der Waals surface area contributed by atoms with Crippen LogP contribution in [0, 0.1) is 0 Å². The minimum Gasteiger partial charge on any atom is -0.382 e. The second-order valence-electron chi connectivity index (χ2n) is 7.38. The maximum absolute atomic E-state index is 14.1. The van der Waals surface area contributed by atoms with Gasteiger partial charge in [-0.2, -0.15) is 18.3 Å². The molecule has 0 saturated heterocycles. The number of hydrogen-bond acceptors (Lipinski definition) is 4. The number of fused-ring (bicyclic) bond motifs is 1. The third-order valence-corrected chi connectivity index (χ3v) is 5.79. The van der Waals surface area contributed by atoms with Crippen LogP contribution in [0.4, 0.5) is 27.8 Å². The molecule has 2 aromatic carbocycles. The quantitative estimate of drug-likeness (QED) is 0.453. The number of nitrogen functional groups attached to an aromatic ring is 1. The van der Waals surface area contributed by atoms with Crippen LogP contribution in [0.5, 0.6) is 0 Å². The summed E-state index contributed by atoms with van der Waals surface area (Å²) in [5.41, 5.74) is 5.62. The molecule has 2 aromatic heterocycles. The number of rotatable bonds is 4. The highest BCUT2D eigenvalue weighted by atomic mass is 32.1. The van der Waals surface area contributed by atoms with Gasteiger partial charge in [0.1, 0.15) is 10.5 Å². The molecular weight excluding hydrogens is 447 g/mol. The van der Waals surface area contributed by atoms with E-state index in [2.05, 4.69) is 16.7 Å². The van der Waals surface area contributed by atoms with Crippen molar-refractivity contribution in [2.75, 3.05) is 5.73 Å². The maximum atomic E-state index is 14.1. The van der Waals surface area contributed by atoms with Crippen molar-refractivity contribution in [3.05, 3.63) is 74.0 Å². The van der Waals surface area contributed by atoms with E-state index in [1.807, 2.05) is 18.2 Å². The van der Waals surface area contributed by atoms with Gasteiger partial charge in [-0.25, -0.2) is 13.8 Å². The number of nitrogens with two attached hydrogens (primary N) is 1. The highest BCUT2D eigenvalue weighted by Crippen LogP contribution is 2.36. The molecule has 2 N–H and O–H groups in total. The average Bonchev–Trinajstić information content (AvgIpc) is 3.22. The number of halogens is 5. The number of anilines is 1. The van der Waals surface area contributed by atoms with Crippen molar-refractivity contribution in [2.24, 2.45) is 0 Å². The zero-order valence-corrected chi connectivity index (χ0v) is 17.6. The Kier molecular flexibility index (Phi) is 5.28. The van der Waals surface area contributed by atoms with Crippen molar-refractivity contribution in [2.45, 2.75) is 25.6 Å². The van der Waals surface area contributed by atoms with Crippen molar-refractivity contribution in [3.8, 4) is 0 Å². The second kappa shape index (κ2) is 7.70. The van der Waals surface area contributed by atoms with Crippen LogP contribution in [0.3, 0.4) is 0 Å². The minimum atomic E-state index is -4.71. The van der Waals surface area contributed by atoms with Gasteiger partial charge in [-0.15, -0.1) is 11.3 Å². The van der Waals surface area contributed by atoms with E-state index >= 15 is 0 Å². The maximum Gasteiger partial charge on any atom is 0.416 e. The molecule has 0 unspecified atom stereocenters. The fourth-order valence-corrected chi connectivity index (χ4v) is 4.17. The van der Waals surface area contributed by atoms with Crippen LogP contribution in [-0.4, -0.2) is 14.8 Å². The van der Waals surface area contributed by atoms with Gasteiger partial charge in [0.2, 0.25) is 0 Å². The fraction of sp³-hybridized carbons (Fsp3) is 0.182. The van der Waals surface area contributed by atoms with E-state index in [1.165, 1.54) is 16.0 Å². The van der Waals surface area contributed by atoms with Gasteiger partial charge >= 0.3 is 6.18 Å². The molecule has 0 aliphatic heterocycles. The van der Waals surface area contributed by atoms with E-state index in [-0.39, 0.29) is 12.1 Å². The summed E-state index contributed by atoms with van der Waals surface area (Å²) in [7, 11) is 0. The lowest BCUT2D eigenvalue weighted by molar-refractivity contribution is -0.137. The number of thiazole rings is 1. The monoisotopic (exact) mass is 464 g/mol. The summed E-state index contributed by atoms with van der Waals surface area (Å²) in [6.45, 7) is 4.24. The normalized spacial score (nSPS) is 13.2. The predicted octanol–water partition coefficient (Wildman–Crippen LogP) is 4.49. The summed E-state index contributed by atoms with van der Waals surface area (Å²) in [5, 5.41) is 4.99. The van der Waals surface area contributed by atoms with E-state index < -0.39 is 23.2 Å². The van der Waals surface area contributed by atoms with Gasteiger partial charge in [0.25, 0.3) is 5.92 Å². The predicted molar refractivity (Wildman–Crippen MR) is 115 cm³/mol. The van der Waals surface area contributed by atoms with Gasteiger partial charge in [-0.1, -0.05) is 18.7 Å². The number of alkyl halides is 5. The van der Waals surface area contributed by atoms with Crippen LogP contribution in [0.2, 0.25) is 0 Å². The molecule has 2 heterocycles. The van der Waals surface area contributed by atoms with Gasteiger partial charge in [-0.3, -0.25) is 4.68 Å². The van der Waals surface area contributed by atoms with Gasteiger partial charge in [0.15, 0.2) is 0 Å². The van der Waals surface area contributed by atoms with Gasteiger partial charge in [-0.05, 0) is 41.5 Å². The molecule has 0 spiro atoms. The lowest BCUT2D eigenvalue weighted by Gasteiger charge is -2.18. The Hall–Kier alpha value is -3.27. The van der Waals surface area contributed by atoms with Crippen molar-refractivity contribution < 1.29 is 22.0 Å². The molecule has 0 aliphatic carbocycles. The molecule has 32 heavy (non-hydrogen) atoms. The molecule has 4 rings (SSSR count). The van der Waals surface area contributed by atoms with Crippen LogP contribution in [0.15, 0.2) is 42.6 Å². The Balaban J connectivity index is 1.72. The highest BCUT2D eigenvalue weighted by Gasteiger charge is 2.35. The molecule has 0 atom stereocenters. The van der Waals surface area contributed by atoms with E-state index in [1.54, 1.807) is 12.3 Å². The van der Waals surface area contributed by atoms with Crippen molar-refractivity contribution in [1.29, 1.82) is 0 Å². The summed E-state index contributed by atoms with van der Waals surface area (Å²) in [6, 6.07) is 7.82. The summed E-state index contributed by atoms with van der Waals surface area (Å²) in [6.07, 6.45) is -1.28. The Morgan fingerprint density at radius 2 is 1.88 bits per heavy atom. The zero-order valence-electron chi connectivity index (χ0n) is 16.8. The van der Waals surface area contributed by atoms with Gasteiger partial charge in [0, 0.05) is 17.9 Å². The van der Waals surface area contributed by atoms with E-state index in [4.69, 9.17) is 5.73 Å². The van der Waals surface area contributed by atoms with Crippen molar-refractivity contribution in [1.82, 2.24) is 14.8 Å². The minimum absolute atomic E-state index is 0.0616. The molecule has 4 aromatic rings. The highest BCUT2D eigenvalue weighted by molar-refractivity contribution is 7.07. The lowest BCUT2D eigenvalue weighted by atomic mass is 9.99. The third kappa shape index (κ3) is 4.36. The fourth-order valence-electron chi connectivity index (χ4n) is 3.43. The smallest absolute Gasteiger partial charge is 0.382 e. The molecule has 0 aliphatic rings. The molecule has 4 nitrogen and oxygen atoms in total. The first-order chi connectivity index (χ1) is 14.9. The SMILES string of the molecule is C=c1nc(N)/c(=C/c2ccc3c(cnn3Cc3ccc(C(F)(F)F)cc3C(C)(F)F)c2)s1. The standard InChI is InChI=1S/C22H17F5N4S/c1-12-30-20(28)19(32-12)8-13-3-6-18-15(7-13)10-29-31(18)11-14-4-5-16(22(25,26)27)9-17(14)21(2,23)24/h3-10H,1,11H2,2H3,(H2,28,30)/b19-8-. The summed E-state index contributed by atoms with van der Waals surface area (Å²) in [4.78, 5) is 4.08. The molecule has 0 bridgehead atoms. The Labute approximate surface area is 183 Å². The molecular formula is C22H17F5N4S. The number of aromatic nitrogens is 3. The first kappa shape index (κ1) is 21.9. The Morgan fingerprint density at radius 1 is 1.12 bits per heavy atom. The lowest BCUT2D eigenvalue weighted by Crippen LogP contribution is -2.16. The summed E-state index contributed by atoms with van der Waals surface area (Å²) in [5.74, 6) is -3.06. The number of hydrogen-bond donors (Lipinski definition) is 1. The largest absolute Gasteiger partial charge is 0.416 e. The first-order valence-corrected chi connectivity index (χ1v) is 10.2. The molecule has 0 fully saturated rings. The van der Waals surface area contributed by atoms with Crippen LogP contribution < -0.4 is 14.9 Å². The van der Waals surface area contributed by atoms with E-state index in [0.717, 1.165) is 27.6 Å². The van der Waals surface area contributed by atoms with Crippen LogP contribution in [0.25, 0.3) is 23.6 Å². The van der Waals surface area contributed by atoms with Crippen molar-refractivity contribution in [3.63, 3.8) is 0 Å². The third-order valence-electron chi connectivity index (χ3n) is 4.92. The topological polar surface area (TPSA) is 56.7 Å². The van der Waals surface area contributed by atoms with Crippen molar-refractivity contribution >= 4 is 40.7 Å². The van der Waals surface area contributed by atoms with E-state index in [0.29, 0.717) is 29.0 Å². The Bertz CT molecular complexity index is 1410. The van der Waals surface area contributed by atoms with Crippen LogP contribution >= 0.6 is 11.3 Å². The summed E-state index contributed by atoms with van der Waals surface area (Å²) < 4.78 is 70.1. The molecule has 0 saturated carbocycles. The molecule has 10 heteroatoms. The van der Waals surface area contributed by atoms with Crippen LogP contribution in [-0.2, 0) is 18.6 Å². The number of benzene rings is 2. The molecule has 0 amide bonds. The second-order valence-corrected chi connectivity index (χ2v) is 8.50. The van der Waals surface area contributed by atoms with Gasteiger partial charge in [0.05, 0.1) is 28.4 Å². The van der Waals surface area contributed by atoms with E-state index in [9.17, 15) is 22.0 Å². The first-order valence-electron chi connectivity index (χ1n) is 9.39. The van der Waals surface area contributed by atoms with Gasteiger partial charge < -0.3 is 5.73 Å². The molecule has 0 radical (unpaired) electrons.